The highest BCUT2D eigenvalue weighted by molar-refractivity contribution is 6.31. The van der Waals surface area contributed by atoms with Gasteiger partial charge in [0.1, 0.15) is 5.82 Å². The van der Waals surface area contributed by atoms with Crippen LogP contribution >= 0.6 is 11.6 Å². The van der Waals surface area contributed by atoms with Crippen LogP contribution in [0.5, 0.6) is 0 Å². The Balaban J connectivity index is 2.21. The number of nitrogens with two attached hydrogens (primary N) is 1. The van der Waals surface area contributed by atoms with E-state index in [9.17, 15) is 4.39 Å². The van der Waals surface area contributed by atoms with Crippen LogP contribution in [0.4, 0.5) is 4.39 Å². The summed E-state index contributed by atoms with van der Waals surface area (Å²) >= 11 is 5.87. The summed E-state index contributed by atoms with van der Waals surface area (Å²) in [5.74, 6) is -0.336. The van der Waals surface area contributed by atoms with Crippen molar-refractivity contribution in [1.29, 1.82) is 0 Å². The molecule has 1 aliphatic carbocycles. The van der Waals surface area contributed by atoms with Gasteiger partial charge in [0.05, 0.1) is 5.02 Å². The lowest BCUT2D eigenvalue weighted by Crippen LogP contribution is -2.18. The van der Waals surface area contributed by atoms with E-state index in [2.05, 4.69) is 0 Å². The second kappa shape index (κ2) is 3.52. The minimum Gasteiger partial charge on any atom is -0.330 e. The van der Waals surface area contributed by atoms with Crippen molar-refractivity contribution in [2.45, 2.75) is 19.3 Å². The Bertz CT molecular complexity index is 347. The molecule has 3 heteroatoms. The monoisotopic (exact) mass is 213 g/mol. The zero-order chi connectivity index (χ0) is 10.2. The first-order valence-electron chi connectivity index (χ1n) is 4.80. The average Bonchev–Trinajstić information content (AvgIpc) is 2.94. The van der Waals surface area contributed by atoms with Crippen LogP contribution < -0.4 is 5.73 Å². The first kappa shape index (κ1) is 9.94. The molecule has 1 saturated carbocycles. The van der Waals surface area contributed by atoms with E-state index in [1.165, 1.54) is 6.07 Å². The Morgan fingerprint density at radius 3 is 2.71 bits per heavy atom. The summed E-state index contributed by atoms with van der Waals surface area (Å²) in [7, 11) is 0. The normalized spacial score (nSPS) is 18.2. The van der Waals surface area contributed by atoms with E-state index >= 15 is 0 Å². The Morgan fingerprint density at radius 1 is 1.43 bits per heavy atom. The minimum atomic E-state index is -0.336. The van der Waals surface area contributed by atoms with Crippen molar-refractivity contribution in [3.63, 3.8) is 0 Å². The van der Waals surface area contributed by atoms with Gasteiger partial charge in [0.25, 0.3) is 0 Å². The molecule has 0 aromatic heterocycles. The molecule has 1 nitrogen and oxygen atoms in total. The number of hydrogen-bond acceptors (Lipinski definition) is 1. The molecule has 0 atom stereocenters. The van der Waals surface area contributed by atoms with Gasteiger partial charge in [-0.1, -0.05) is 23.7 Å². The summed E-state index contributed by atoms with van der Waals surface area (Å²) < 4.78 is 13.1. The van der Waals surface area contributed by atoms with Gasteiger partial charge in [0.15, 0.2) is 0 Å². The maximum absolute atomic E-state index is 13.1. The van der Waals surface area contributed by atoms with E-state index in [0.717, 1.165) is 24.8 Å². The molecule has 0 spiro atoms. The van der Waals surface area contributed by atoms with Crippen LogP contribution in [0.25, 0.3) is 0 Å². The van der Waals surface area contributed by atoms with E-state index in [1.54, 1.807) is 6.07 Å². The fraction of sp³-hybridized carbons (Fsp3) is 0.455. The second-order valence-corrected chi connectivity index (χ2v) is 4.47. The molecule has 0 saturated heterocycles. The maximum Gasteiger partial charge on any atom is 0.142 e. The van der Waals surface area contributed by atoms with Gasteiger partial charge < -0.3 is 5.73 Å². The van der Waals surface area contributed by atoms with Gasteiger partial charge in [-0.05, 0) is 42.9 Å². The number of benzene rings is 1. The lowest BCUT2D eigenvalue weighted by molar-refractivity contribution is 0.518. The van der Waals surface area contributed by atoms with Crippen LogP contribution in [0.3, 0.4) is 0 Å². The molecule has 1 aromatic carbocycles. The first-order valence-corrected chi connectivity index (χ1v) is 5.18. The van der Waals surface area contributed by atoms with Gasteiger partial charge in [-0.2, -0.15) is 0 Å². The number of halogens is 2. The Hall–Kier alpha value is -0.600. The van der Waals surface area contributed by atoms with Crippen molar-refractivity contribution in [3.05, 3.63) is 34.6 Å². The summed E-state index contributed by atoms with van der Waals surface area (Å²) in [6.07, 6.45) is 3.08. The van der Waals surface area contributed by atoms with Crippen molar-refractivity contribution < 1.29 is 4.39 Å². The highest BCUT2D eigenvalue weighted by Gasteiger charge is 2.41. The molecule has 14 heavy (non-hydrogen) atoms. The summed E-state index contributed by atoms with van der Waals surface area (Å²) in [6.45, 7) is 0.667. The maximum atomic E-state index is 13.1. The number of hydrogen-bond donors (Lipinski definition) is 1. The summed E-state index contributed by atoms with van der Waals surface area (Å²) in [6, 6.07) is 4.96. The minimum absolute atomic E-state index is 0.206. The number of rotatable bonds is 3. The lowest BCUT2D eigenvalue weighted by atomic mass is 9.96. The SMILES string of the molecule is NCC1(Cc2cccc(F)c2Cl)CC1. The Morgan fingerprint density at radius 2 is 2.14 bits per heavy atom. The molecule has 1 aliphatic rings. The van der Waals surface area contributed by atoms with Gasteiger partial charge in [-0.15, -0.1) is 0 Å². The zero-order valence-corrected chi connectivity index (χ0v) is 8.65. The Labute approximate surface area is 88.1 Å². The predicted molar refractivity (Wildman–Crippen MR) is 55.8 cm³/mol. The Kier molecular flexibility index (Phi) is 2.50. The molecule has 2 rings (SSSR count). The van der Waals surface area contributed by atoms with E-state index in [1.807, 2.05) is 6.07 Å². The summed E-state index contributed by atoms with van der Waals surface area (Å²) in [5.41, 5.74) is 6.76. The molecule has 0 aliphatic heterocycles. The van der Waals surface area contributed by atoms with Crippen LogP contribution in [0.2, 0.25) is 5.02 Å². The van der Waals surface area contributed by atoms with Crippen molar-refractivity contribution in [2.24, 2.45) is 11.1 Å². The molecule has 0 amide bonds. The first-order chi connectivity index (χ1) is 6.67. The summed E-state index contributed by atoms with van der Waals surface area (Å²) in [4.78, 5) is 0. The molecular weight excluding hydrogens is 201 g/mol. The van der Waals surface area contributed by atoms with Crippen molar-refractivity contribution in [2.75, 3.05) is 6.54 Å². The second-order valence-electron chi connectivity index (χ2n) is 4.09. The van der Waals surface area contributed by atoms with Crippen LogP contribution in [-0.4, -0.2) is 6.54 Å². The molecule has 0 heterocycles. The van der Waals surface area contributed by atoms with E-state index in [4.69, 9.17) is 17.3 Å². The fourth-order valence-corrected chi connectivity index (χ4v) is 1.91. The smallest absolute Gasteiger partial charge is 0.142 e. The summed E-state index contributed by atoms with van der Waals surface area (Å²) in [5, 5.41) is 0.257. The molecule has 76 valence electrons. The molecule has 0 radical (unpaired) electrons. The van der Waals surface area contributed by atoms with Gasteiger partial charge in [0, 0.05) is 0 Å². The van der Waals surface area contributed by atoms with Crippen molar-refractivity contribution in [3.8, 4) is 0 Å². The third-order valence-electron chi connectivity index (χ3n) is 2.99. The van der Waals surface area contributed by atoms with Gasteiger partial charge in [-0.3, -0.25) is 0 Å². The largest absolute Gasteiger partial charge is 0.330 e. The van der Waals surface area contributed by atoms with Gasteiger partial charge in [0.2, 0.25) is 0 Å². The van der Waals surface area contributed by atoms with Crippen LogP contribution in [0.15, 0.2) is 18.2 Å². The van der Waals surface area contributed by atoms with Crippen LogP contribution in [-0.2, 0) is 6.42 Å². The zero-order valence-electron chi connectivity index (χ0n) is 7.89. The van der Waals surface area contributed by atoms with Crippen LogP contribution in [0.1, 0.15) is 18.4 Å². The standard InChI is InChI=1S/C11H13ClFN/c12-10-8(2-1-3-9(10)13)6-11(7-14)4-5-11/h1-3H,4-7,14H2. The quantitative estimate of drug-likeness (QED) is 0.821. The van der Waals surface area contributed by atoms with Crippen LogP contribution in [0, 0.1) is 11.2 Å². The highest BCUT2D eigenvalue weighted by atomic mass is 35.5. The van der Waals surface area contributed by atoms with E-state index < -0.39 is 0 Å². The molecule has 1 fully saturated rings. The van der Waals surface area contributed by atoms with Crippen molar-refractivity contribution >= 4 is 11.6 Å². The fourth-order valence-electron chi connectivity index (χ4n) is 1.72. The lowest BCUT2D eigenvalue weighted by Gasteiger charge is -2.13. The van der Waals surface area contributed by atoms with Gasteiger partial charge >= 0.3 is 0 Å². The third-order valence-corrected chi connectivity index (χ3v) is 3.41. The third kappa shape index (κ3) is 1.77. The molecule has 0 bridgehead atoms. The van der Waals surface area contributed by atoms with E-state index in [0.29, 0.717) is 6.54 Å². The molecule has 1 aromatic rings. The van der Waals surface area contributed by atoms with Gasteiger partial charge in [-0.25, -0.2) is 4.39 Å². The molecule has 2 N–H and O–H groups in total. The average molecular weight is 214 g/mol. The molecule has 0 unspecified atom stereocenters. The molecular formula is C11H13ClFN. The van der Waals surface area contributed by atoms with Crippen molar-refractivity contribution in [1.82, 2.24) is 0 Å². The highest BCUT2D eigenvalue weighted by Crippen LogP contribution is 2.48. The predicted octanol–water partition coefficient (Wildman–Crippen LogP) is 2.76. The van der Waals surface area contributed by atoms with E-state index in [-0.39, 0.29) is 16.3 Å². The topological polar surface area (TPSA) is 26.0 Å².